The highest BCUT2D eigenvalue weighted by Gasteiger charge is 2.12. The summed E-state index contributed by atoms with van der Waals surface area (Å²) in [7, 11) is 1.64. The van der Waals surface area contributed by atoms with E-state index in [9.17, 15) is 5.26 Å². The van der Waals surface area contributed by atoms with Gasteiger partial charge in [0.05, 0.1) is 18.4 Å². The molecule has 4 aromatic carbocycles. The van der Waals surface area contributed by atoms with E-state index in [1.54, 1.807) is 7.11 Å². The summed E-state index contributed by atoms with van der Waals surface area (Å²) in [6.07, 6.45) is 1.83. The zero-order valence-electron chi connectivity index (χ0n) is 21.4. The molecule has 6 heteroatoms. The lowest BCUT2D eigenvalue weighted by Gasteiger charge is -2.14. The molecule has 5 rings (SSSR count). The fourth-order valence-electron chi connectivity index (χ4n) is 3.92. The summed E-state index contributed by atoms with van der Waals surface area (Å²) in [4.78, 5) is 4.71. The van der Waals surface area contributed by atoms with Crippen LogP contribution in [0.1, 0.15) is 21.7 Å². The number of ether oxygens (including phenoxy) is 3. The molecule has 1 heterocycles. The molecular formula is C33H26N2O3S. The third-order valence-electron chi connectivity index (χ3n) is 5.99. The third kappa shape index (κ3) is 6.72. The number of aromatic nitrogens is 1. The van der Waals surface area contributed by atoms with Gasteiger partial charge in [0, 0.05) is 10.9 Å². The summed E-state index contributed by atoms with van der Waals surface area (Å²) in [5.41, 5.74) is 5.20. The Morgan fingerprint density at radius 2 is 1.46 bits per heavy atom. The number of nitrogens with zero attached hydrogens (tertiary/aromatic N) is 2. The number of hydrogen-bond donors (Lipinski definition) is 0. The van der Waals surface area contributed by atoms with Crippen LogP contribution in [0.5, 0.6) is 17.2 Å². The van der Waals surface area contributed by atoms with Crippen LogP contribution < -0.4 is 14.2 Å². The highest BCUT2D eigenvalue weighted by atomic mass is 32.1. The van der Waals surface area contributed by atoms with Gasteiger partial charge in [0.25, 0.3) is 0 Å². The number of hydrogen-bond acceptors (Lipinski definition) is 6. The molecule has 5 nitrogen and oxygen atoms in total. The van der Waals surface area contributed by atoms with Crippen LogP contribution >= 0.6 is 11.3 Å². The molecule has 0 atom stereocenters. The zero-order valence-corrected chi connectivity index (χ0v) is 22.2. The number of rotatable bonds is 10. The molecule has 0 aliphatic rings. The summed E-state index contributed by atoms with van der Waals surface area (Å²) in [6, 6.07) is 35.7. The minimum Gasteiger partial charge on any atom is -0.497 e. The second kappa shape index (κ2) is 12.6. The molecule has 0 saturated heterocycles. The molecule has 0 saturated carbocycles. The summed E-state index contributed by atoms with van der Waals surface area (Å²) in [6.45, 7) is 0.826. The number of nitriles is 1. The van der Waals surface area contributed by atoms with Gasteiger partial charge in [-0.25, -0.2) is 4.98 Å². The van der Waals surface area contributed by atoms with Gasteiger partial charge in [-0.2, -0.15) is 5.26 Å². The lowest BCUT2D eigenvalue weighted by molar-refractivity contribution is 0.256. The molecular weight excluding hydrogens is 504 g/mol. The first-order valence-electron chi connectivity index (χ1n) is 12.4. The zero-order chi connectivity index (χ0) is 26.9. The van der Waals surface area contributed by atoms with Crippen LogP contribution in [0.4, 0.5) is 0 Å². The fourth-order valence-corrected chi connectivity index (χ4v) is 4.71. The van der Waals surface area contributed by atoms with Crippen LogP contribution in [0.2, 0.25) is 0 Å². The van der Waals surface area contributed by atoms with Crippen molar-refractivity contribution in [1.29, 1.82) is 5.26 Å². The summed E-state index contributed by atoms with van der Waals surface area (Å²) in [5.74, 6) is 2.04. The Hall–Kier alpha value is -4.86. The van der Waals surface area contributed by atoms with E-state index in [0.717, 1.165) is 33.7 Å². The van der Waals surface area contributed by atoms with Gasteiger partial charge in [-0.15, -0.1) is 11.3 Å². The molecule has 0 fully saturated rings. The molecule has 5 aromatic rings. The summed E-state index contributed by atoms with van der Waals surface area (Å²) in [5, 5.41) is 12.6. The summed E-state index contributed by atoms with van der Waals surface area (Å²) < 4.78 is 17.6. The van der Waals surface area contributed by atoms with Crippen LogP contribution in [0.15, 0.2) is 109 Å². The van der Waals surface area contributed by atoms with E-state index in [1.807, 2.05) is 115 Å². The van der Waals surface area contributed by atoms with E-state index in [-0.39, 0.29) is 0 Å². The largest absolute Gasteiger partial charge is 0.497 e. The van der Waals surface area contributed by atoms with Crippen molar-refractivity contribution in [2.24, 2.45) is 0 Å². The van der Waals surface area contributed by atoms with Crippen LogP contribution in [0.3, 0.4) is 0 Å². The lowest BCUT2D eigenvalue weighted by atomic mass is 10.1. The molecule has 0 bridgehead atoms. The van der Waals surface area contributed by atoms with Crippen LogP contribution in [-0.4, -0.2) is 12.1 Å². The minimum absolute atomic E-state index is 0.401. The molecule has 0 unspecified atom stereocenters. The predicted octanol–water partition coefficient (Wildman–Crippen LogP) is 8.04. The van der Waals surface area contributed by atoms with Gasteiger partial charge in [-0.05, 0) is 59.2 Å². The van der Waals surface area contributed by atoms with E-state index in [1.165, 1.54) is 11.3 Å². The molecule has 1 aromatic heterocycles. The number of benzene rings is 4. The Bertz CT molecular complexity index is 1590. The Morgan fingerprint density at radius 1 is 0.821 bits per heavy atom. The molecule has 0 N–H and O–H groups in total. The van der Waals surface area contributed by atoms with Crippen molar-refractivity contribution in [3.63, 3.8) is 0 Å². The fraction of sp³-hybridized carbons (Fsp3) is 0.0909. The van der Waals surface area contributed by atoms with E-state index in [0.29, 0.717) is 35.3 Å². The van der Waals surface area contributed by atoms with Crippen LogP contribution in [0.25, 0.3) is 22.9 Å². The van der Waals surface area contributed by atoms with Gasteiger partial charge in [-0.1, -0.05) is 66.7 Å². The van der Waals surface area contributed by atoms with Crippen molar-refractivity contribution in [1.82, 2.24) is 4.98 Å². The summed E-state index contributed by atoms with van der Waals surface area (Å²) >= 11 is 1.44. The van der Waals surface area contributed by atoms with Crippen molar-refractivity contribution >= 4 is 23.0 Å². The van der Waals surface area contributed by atoms with E-state index in [4.69, 9.17) is 19.2 Å². The van der Waals surface area contributed by atoms with Crippen molar-refractivity contribution in [3.8, 4) is 34.6 Å². The first kappa shape index (κ1) is 25.8. The van der Waals surface area contributed by atoms with Gasteiger partial charge in [-0.3, -0.25) is 0 Å². The maximum absolute atomic E-state index is 9.95. The average Bonchev–Trinajstić information content (AvgIpc) is 3.49. The normalized spacial score (nSPS) is 11.0. The van der Waals surface area contributed by atoms with Gasteiger partial charge in [0.2, 0.25) is 0 Å². The average molecular weight is 531 g/mol. The standard InChI is InChI=1S/C33H26N2O3S/c1-36-29-15-13-27(14-16-29)30-23-39-33(35-30)28(20-34)18-26-12-17-31(37-21-24-8-4-2-5-9-24)32(19-26)38-22-25-10-6-3-7-11-25/h2-19,23H,21-22H2,1H3/b28-18+. The monoisotopic (exact) mass is 530 g/mol. The SMILES string of the molecule is COc1ccc(-c2csc(/C(C#N)=C/c3ccc(OCc4ccccc4)c(OCc4ccccc4)c3)n2)cc1. The van der Waals surface area contributed by atoms with Crippen LogP contribution in [-0.2, 0) is 13.2 Å². The number of methoxy groups -OCH3 is 1. The van der Waals surface area contributed by atoms with Crippen LogP contribution in [0, 0.1) is 11.3 Å². The second-order valence-electron chi connectivity index (χ2n) is 8.69. The second-order valence-corrected chi connectivity index (χ2v) is 9.55. The van der Waals surface area contributed by atoms with E-state index >= 15 is 0 Å². The van der Waals surface area contributed by atoms with Crippen molar-refractivity contribution in [3.05, 3.63) is 130 Å². The van der Waals surface area contributed by atoms with E-state index < -0.39 is 0 Å². The topological polar surface area (TPSA) is 64.4 Å². The van der Waals surface area contributed by atoms with Crippen molar-refractivity contribution in [2.45, 2.75) is 13.2 Å². The molecule has 0 amide bonds. The minimum atomic E-state index is 0.401. The predicted molar refractivity (Wildman–Crippen MR) is 156 cm³/mol. The molecule has 192 valence electrons. The van der Waals surface area contributed by atoms with Gasteiger partial charge >= 0.3 is 0 Å². The van der Waals surface area contributed by atoms with E-state index in [2.05, 4.69) is 6.07 Å². The van der Waals surface area contributed by atoms with Crippen molar-refractivity contribution < 1.29 is 14.2 Å². The maximum atomic E-state index is 9.95. The molecule has 0 aliphatic heterocycles. The first-order chi connectivity index (χ1) is 19.2. The maximum Gasteiger partial charge on any atom is 0.162 e. The highest BCUT2D eigenvalue weighted by Crippen LogP contribution is 2.33. The Kier molecular flexibility index (Phi) is 8.32. The van der Waals surface area contributed by atoms with Gasteiger partial charge < -0.3 is 14.2 Å². The first-order valence-corrected chi connectivity index (χ1v) is 13.3. The Labute approximate surface area is 232 Å². The molecule has 0 aliphatic carbocycles. The molecule has 39 heavy (non-hydrogen) atoms. The number of allylic oxidation sites excluding steroid dienone is 1. The van der Waals surface area contributed by atoms with Gasteiger partial charge in [0.15, 0.2) is 11.5 Å². The molecule has 0 spiro atoms. The quantitative estimate of drug-likeness (QED) is 0.171. The van der Waals surface area contributed by atoms with Crippen molar-refractivity contribution in [2.75, 3.05) is 7.11 Å². The van der Waals surface area contributed by atoms with Gasteiger partial charge in [0.1, 0.15) is 30.0 Å². The highest BCUT2D eigenvalue weighted by molar-refractivity contribution is 7.11. The third-order valence-corrected chi connectivity index (χ3v) is 6.87. The smallest absolute Gasteiger partial charge is 0.162 e. The lowest BCUT2D eigenvalue weighted by Crippen LogP contribution is -2.01. The Balaban J connectivity index is 1.40. The Morgan fingerprint density at radius 3 is 2.08 bits per heavy atom. The number of thiazole rings is 1. The molecule has 0 radical (unpaired) electrons.